The molecule has 1 fully saturated rings. The van der Waals surface area contributed by atoms with Gasteiger partial charge >= 0.3 is 20.6 Å². The van der Waals surface area contributed by atoms with E-state index in [2.05, 4.69) is 14.6 Å². The van der Waals surface area contributed by atoms with Crippen LogP contribution in [0.2, 0.25) is 0 Å². The van der Waals surface area contributed by atoms with Gasteiger partial charge in [0.1, 0.15) is 11.9 Å². The van der Waals surface area contributed by atoms with Crippen LogP contribution in [-0.4, -0.2) is 68.4 Å². The van der Waals surface area contributed by atoms with Crippen molar-refractivity contribution in [3.05, 3.63) is 89.5 Å². The molecule has 11 nitrogen and oxygen atoms in total. The number of ether oxygens (including phenoxy) is 2. The molecule has 3 N–H and O–H groups in total. The fourth-order valence-electron chi connectivity index (χ4n) is 5.26. The number of carbonyl (C=O) groups excluding carboxylic acids is 1. The first kappa shape index (κ1) is 38.2. The Morgan fingerprint density at radius 3 is 2.20 bits per heavy atom. The molecule has 18 heteroatoms. The van der Waals surface area contributed by atoms with E-state index in [4.69, 9.17) is 14.5 Å². The minimum Gasteiger partial charge on any atom is -0.489 e. The van der Waals surface area contributed by atoms with Crippen LogP contribution in [0, 0.1) is 0 Å². The number of rotatable bonds is 15. The van der Waals surface area contributed by atoms with E-state index < -0.39 is 66.7 Å². The molecule has 0 spiro atoms. The van der Waals surface area contributed by atoms with Crippen molar-refractivity contribution in [1.82, 2.24) is 5.32 Å². The number of sulfone groups is 1. The standard InChI is InChI=1S/C31H34F5N2O9PS/c1-2-49(43,44)27-13-5-20(6-14-27)28(15-16-46-48(40,41)42)37-29(39)21-3-9-23(10-4-21)38-18-26(17-24(38)19-45-30(32)33)47-25-11-7-22(8-12-25)31(34,35)36/h3-14,24,26,28,30H,2,15-19H2,1H3,(H,37,39)(H2,40,41,42)/t24-,26-,28-/m0/s1. The van der Waals surface area contributed by atoms with E-state index in [0.717, 1.165) is 12.1 Å². The summed E-state index contributed by atoms with van der Waals surface area (Å²) in [6.45, 7) is -2.17. The van der Waals surface area contributed by atoms with Gasteiger partial charge in [-0.05, 0) is 72.6 Å². The number of amides is 1. The fraction of sp³-hybridized carbons (Fsp3) is 0.387. The Hall–Kier alpha value is -3.60. The van der Waals surface area contributed by atoms with Crippen molar-refractivity contribution in [2.75, 3.05) is 30.4 Å². The SMILES string of the molecule is CCS(=O)(=O)c1ccc([C@H](CCOP(=O)(O)O)NC(=O)c2ccc(N3C[C@@H](Oc4ccc(C(F)(F)F)cc4)C[C@H]3COC(F)F)cc2)cc1. The molecule has 0 radical (unpaired) electrons. The summed E-state index contributed by atoms with van der Waals surface area (Å²) in [4.78, 5) is 33.2. The molecule has 1 heterocycles. The third kappa shape index (κ3) is 10.9. The number of phosphoric acid groups is 1. The predicted molar refractivity (Wildman–Crippen MR) is 167 cm³/mol. The summed E-state index contributed by atoms with van der Waals surface area (Å²) < 4.78 is 115. The van der Waals surface area contributed by atoms with Gasteiger partial charge in [-0.25, -0.2) is 13.0 Å². The molecule has 0 saturated carbocycles. The van der Waals surface area contributed by atoms with E-state index in [1.165, 1.54) is 55.5 Å². The van der Waals surface area contributed by atoms with E-state index in [0.29, 0.717) is 11.3 Å². The van der Waals surface area contributed by atoms with Gasteiger partial charge in [-0.15, -0.1) is 0 Å². The number of phosphoric ester groups is 1. The van der Waals surface area contributed by atoms with Crippen molar-refractivity contribution in [2.45, 2.75) is 55.6 Å². The molecule has 0 aliphatic carbocycles. The van der Waals surface area contributed by atoms with Gasteiger partial charge in [-0.3, -0.25) is 9.32 Å². The zero-order valence-electron chi connectivity index (χ0n) is 25.9. The third-order valence-corrected chi connectivity index (χ3v) is 10.00. The molecule has 0 bridgehead atoms. The summed E-state index contributed by atoms with van der Waals surface area (Å²) in [7, 11) is -8.30. The molecule has 49 heavy (non-hydrogen) atoms. The van der Waals surface area contributed by atoms with Crippen molar-refractivity contribution in [3.8, 4) is 5.75 Å². The van der Waals surface area contributed by atoms with Crippen molar-refractivity contribution in [3.63, 3.8) is 0 Å². The Kier molecular flexibility index (Phi) is 12.4. The van der Waals surface area contributed by atoms with Crippen molar-refractivity contribution in [2.24, 2.45) is 0 Å². The summed E-state index contributed by atoms with van der Waals surface area (Å²) in [6.07, 6.45) is -4.96. The summed E-state index contributed by atoms with van der Waals surface area (Å²) in [5.74, 6) is -0.536. The Morgan fingerprint density at radius 2 is 1.65 bits per heavy atom. The highest BCUT2D eigenvalue weighted by atomic mass is 32.2. The lowest BCUT2D eigenvalue weighted by Crippen LogP contribution is -2.34. The number of alkyl halides is 5. The van der Waals surface area contributed by atoms with Gasteiger partial charge in [-0.1, -0.05) is 19.1 Å². The number of nitrogens with zero attached hydrogens (tertiary/aromatic N) is 1. The van der Waals surface area contributed by atoms with E-state index in [1.807, 2.05) is 0 Å². The van der Waals surface area contributed by atoms with Gasteiger partial charge in [0.25, 0.3) is 5.91 Å². The van der Waals surface area contributed by atoms with Crippen molar-refractivity contribution in [1.29, 1.82) is 0 Å². The number of hydrogen-bond donors (Lipinski definition) is 3. The van der Waals surface area contributed by atoms with Gasteiger partial charge in [0, 0.05) is 17.7 Å². The van der Waals surface area contributed by atoms with Crippen LogP contribution >= 0.6 is 7.82 Å². The van der Waals surface area contributed by atoms with Crippen LogP contribution in [0.15, 0.2) is 77.7 Å². The van der Waals surface area contributed by atoms with Gasteiger partial charge in [0.2, 0.25) is 0 Å². The summed E-state index contributed by atoms with van der Waals surface area (Å²) in [6, 6.07) is 14.5. The molecule has 1 aliphatic rings. The molecule has 268 valence electrons. The molecule has 3 atom stereocenters. The average molecular weight is 737 g/mol. The Labute approximate surface area is 279 Å². The number of halogens is 5. The minimum absolute atomic E-state index is 0.0667. The monoisotopic (exact) mass is 736 g/mol. The molecule has 0 unspecified atom stereocenters. The molecular formula is C31H34F5N2O9PS. The van der Waals surface area contributed by atoms with Gasteiger partial charge in [0.05, 0.1) is 48.1 Å². The van der Waals surface area contributed by atoms with Crippen molar-refractivity contribution >= 4 is 29.3 Å². The summed E-state index contributed by atoms with van der Waals surface area (Å²) in [5, 5.41) is 2.76. The molecule has 1 aliphatic heterocycles. The number of benzene rings is 3. The number of anilines is 1. The van der Waals surface area contributed by atoms with Crippen LogP contribution in [-0.2, 0) is 29.8 Å². The van der Waals surface area contributed by atoms with Crippen LogP contribution in [0.4, 0.5) is 27.6 Å². The summed E-state index contributed by atoms with van der Waals surface area (Å²) in [5.41, 5.74) is 0.304. The van der Waals surface area contributed by atoms with Crippen LogP contribution in [0.1, 0.15) is 47.3 Å². The van der Waals surface area contributed by atoms with Gasteiger partial charge in [0.15, 0.2) is 9.84 Å². The largest absolute Gasteiger partial charge is 0.489 e. The smallest absolute Gasteiger partial charge is 0.469 e. The molecule has 3 aromatic rings. The number of hydrogen-bond acceptors (Lipinski definition) is 8. The lowest BCUT2D eigenvalue weighted by atomic mass is 10.0. The fourth-order valence-corrected chi connectivity index (χ4v) is 6.49. The van der Waals surface area contributed by atoms with Gasteiger partial charge in [-0.2, -0.15) is 22.0 Å². The van der Waals surface area contributed by atoms with Crippen molar-refractivity contribution < 1.29 is 63.5 Å². The average Bonchev–Trinajstić information content (AvgIpc) is 3.45. The van der Waals surface area contributed by atoms with E-state index in [1.54, 1.807) is 17.0 Å². The second-order valence-corrected chi connectivity index (χ2v) is 14.6. The number of nitrogens with one attached hydrogen (secondary N) is 1. The normalized spacial score (nSPS) is 17.7. The zero-order valence-corrected chi connectivity index (χ0v) is 27.6. The van der Waals surface area contributed by atoms with Crippen LogP contribution in [0.25, 0.3) is 0 Å². The topological polar surface area (TPSA) is 152 Å². The lowest BCUT2D eigenvalue weighted by molar-refractivity contribution is -0.137. The highest BCUT2D eigenvalue weighted by molar-refractivity contribution is 7.91. The quantitative estimate of drug-likeness (QED) is 0.130. The zero-order chi connectivity index (χ0) is 36.0. The Morgan fingerprint density at radius 1 is 1.02 bits per heavy atom. The second kappa shape index (κ2) is 16.0. The molecule has 3 aromatic carbocycles. The highest BCUT2D eigenvalue weighted by Gasteiger charge is 2.35. The molecule has 1 saturated heterocycles. The predicted octanol–water partition coefficient (Wildman–Crippen LogP) is 5.74. The third-order valence-electron chi connectivity index (χ3n) is 7.73. The van der Waals surface area contributed by atoms with Crippen LogP contribution in [0.5, 0.6) is 5.75 Å². The maximum atomic E-state index is 13.3. The Balaban J connectivity index is 1.48. The highest BCUT2D eigenvalue weighted by Crippen LogP contribution is 2.37. The molecular weight excluding hydrogens is 702 g/mol. The van der Waals surface area contributed by atoms with E-state index in [9.17, 15) is 39.7 Å². The minimum atomic E-state index is -4.80. The first-order chi connectivity index (χ1) is 22.9. The molecule has 0 aromatic heterocycles. The lowest BCUT2D eigenvalue weighted by Gasteiger charge is -2.26. The molecule has 4 rings (SSSR count). The first-order valence-corrected chi connectivity index (χ1v) is 18.1. The molecule has 1 amide bonds. The van der Waals surface area contributed by atoms with E-state index in [-0.39, 0.29) is 48.0 Å². The summed E-state index contributed by atoms with van der Waals surface area (Å²) >= 11 is 0. The Bertz CT molecular complexity index is 1710. The van der Waals surface area contributed by atoms with Crippen LogP contribution < -0.4 is 15.0 Å². The maximum absolute atomic E-state index is 13.3. The second-order valence-electron chi connectivity index (χ2n) is 11.1. The number of carbonyl (C=O) groups is 1. The maximum Gasteiger partial charge on any atom is 0.469 e. The van der Waals surface area contributed by atoms with Gasteiger partial charge < -0.3 is 29.5 Å². The van der Waals surface area contributed by atoms with E-state index >= 15 is 0 Å². The van der Waals surface area contributed by atoms with Crippen LogP contribution in [0.3, 0.4) is 0 Å². The first-order valence-electron chi connectivity index (χ1n) is 14.9.